The molecule has 7 heteroatoms. The number of hydrogen-bond acceptors (Lipinski definition) is 3. The molecule has 0 aromatic heterocycles. The summed E-state index contributed by atoms with van der Waals surface area (Å²) in [5.74, 6) is -2.76. The van der Waals surface area contributed by atoms with Crippen LogP contribution in [0.2, 0.25) is 0 Å². The average molecular weight is 360 g/mol. The third kappa shape index (κ3) is 3.88. The number of hydrogen-bond donors (Lipinski definition) is 1. The fourth-order valence-electron chi connectivity index (χ4n) is 2.73. The maximum absolute atomic E-state index is 13.2. The number of morpholine rings is 1. The molecule has 1 heterocycles. The van der Waals surface area contributed by atoms with Crippen LogP contribution in [0.3, 0.4) is 0 Å². The average Bonchev–Trinajstić information content (AvgIpc) is 2.64. The van der Waals surface area contributed by atoms with E-state index < -0.39 is 17.5 Å². The van der Waals surface area contributed by atoms with Crippen LogP contribution in [0, 0.1) is 11.6 Å². The van der Waals surface area contributed by atoms with Crippen LogP contribution < -0.4 is 5.32 Å². The highest BCUT2D eigenvalue weighted by atomic mass is 19.2. The summed E-state index contributed by atoms with van der Waals surface area (Å²) in [4.78, 5) is 26.4. The lowest BCUT2D eigenvalue weighted by Gasteiger charge is -2.33. The first-order valence-electron chi connectivity index (χ1n) is 8.21. The largest absolute Gasteiger partial charge is 0.377 e. The van der Waals surface area contributed by atoms with Gasteiger partial charge in [-0.2, -0.15) is 0 Å². The molecular formula is C19H18F2N2O3. The zero-order valence-electron chi connectivity index (χ0n) is 14.2. The number of nitrogens with zero attached hydrogens (tertiary/aromatic N) is 1. The molecular weight excluding hydrogens is 342 g/mol. The van der Waals surface area contributed by atoms with Crippen LogP contribution in [-0.4, -0.2) is 42.5 Å². The number of carbonyl (C=O) groups is 2. The molecule has 1 atom stereocenters. The number of ether oxygens (including phenoxy) is 1. The Labute approximate surface area is 149 Å². The molecule has 0 spiro atoms. The van der Waals surface area contributed by atoms with Crippen LogP contribution in [0.5, 0.6) is 0 Å². The Morgan fingerprint density at radius 2 is 1.77 bits per heavy atom. The predicted octanol–water partition coefficient (Wildman–Crippen LogP) is 3.08. The van der Waals surface area contributed by atoms with Crippen molar-refractivity contribution in [3.8, 4) is 0 Å². The van der Waals surface area contributed by atoms with Crippen molar-refractivity contribution in [3.05, 3.63) is 65.2 Å². The van der Waals surface area contributed by atoms with Crippen molar-refractivity contribution in [2.75, 3.05) is 25.1 Å². The molecule has 1 unspecified atom stereocenters. The van der Waals surface area contributed by atoms with E-state index in [0.29, 0.717) is 31.0 Å². The Morgan fingerprint density at radius 1 is 1.08 bits per heavy atom. The summed E-state index contributed by atoms with van der Waals surface area (Å²) in [6, 6.07) is 9.36. The maximum Gasteiger partial charge on any atom is 0.255 e. The molecule has 3 rings (SSSR count). The Bertz CT molecular complexity index is 824. The molecule has 1 aliphatic rings. The predicted molar refractivity (Wildman–Crippen MR) is 92.1 cm³/mol. The molecule has 1 saturated heterocycles. The summed E-state index contributed by atoms with van der Waals surface area (Å²) < 4.78 is 31.5. The molecule has 2 aromatic carbocycles. The Balaban J connectivity index is 1.68. The maximum atomic E-state index is 13.2. The van der Waals surface area contributed by atoms with Gasteiger partial charge in [-0.15, -0.1) is 0 Å². The fourth-order valence-corrected chi connectivity index (χ4v) is 2.73. The van der Waals surface area contributed by atoms with Crippen molar-refractivity contribution in [1.82, 2.24) is 4.90 Å². The van der Waals surface area contributed by atoms with Crippen LogP contribution in [0.1, 0.15) is 27.6 Å². The van der Waals surface area contributed by atoms with Crippen molar-refractivity contribution in [3.63, 3.8) is 0 Å². The van der Waals surface area contributed by atoms with Crippen molar-refractivity contribution in [2.45, 2.75) is 13.0 Å². The lowest BCUT2D eigenvalue weighted by molar-refractivity contribution is 0.00359. The smallest absolute Gasteiger partial charge is 0.255 e. The molecule has 136 valence electrons. The SMILES string of the molecule is CC1COCCN1C(=O)c1ccc(NC(=O)c2ccc(F)c(F)c2)cc1. The second kappa shape index (κ2) is 7.61. The molecule has 26 heavy (non-hydrogen) atoms. The first-order chi connectivity index (χ1) is 12.5. The third-order valence-corrected chi connectivity index (χ3v) is 4.20. The van der Waals surface area contributed by atoms with Crippen LogP contribution >= 0.6 is 0 Å². The Hall–Kier alpha value is -2.80. The standard InChI is InChI=1S/C19H18F2N2O3/c1-12-11-26-9-8-23(12)19(25)13-2-5-15(6-3-13)22-18(24)14-4-7-16(20)17(21)10-14/h2-7,10,12H,8-9,11H2,1H3,(H,22,24). The topological polar surface area (TPSA) is 58.6 Å². The summed E-state index contributed by atoms with van der Waals surface area (Å²) in [5.41, 5.74) is 0.960. The number of nitrogens with one attached hydrogen (secondary N) is 1. The second-order valence-electron chi connectivity index (χ2n) is 6.08. The monoisotopic (exact) mass is 360 g/mol. The van der Waals surface area contributed by atoms with Gasteiger partial charge in [-0.05, 0) is 49.4 Å². The van der Waals surface area contributed by atoms with Crippen LogP contribution in [0.25, 0.3) is 0 Å². The van der Waals surface area contributed by atoms with Gasteiger partial charge in [0.05, 0.1) is 19.3 Å². The van der Waals surface area contributed by atoms with Gasteiger partial charge in [0.2, 0.25) is 0 Å². The number of halogens is 2. The summed E-state index contributed by atoms with van der Waals surface area (Å²) in [5, 5.41) is 2.59. The van der Waals surface area contributed by atoms with Crippen LogP contribution in [0.4, 0.5) is 14.5 Å². The molecule has 5 nitrogen and oxygen atoms in total. The zero-order chi connectivity index (χ0) is 18.7. The minimum Gasteiger partial charge on any atom is -0.377 e. The minimum atomic E-state index is -1.08. The van der Waals surface area contributed by atoms with E-state index in [4.69, 9.17) is 4.74 Å². The number of anilines is 1. The molecule has 1 fully saturated rings. The third-order valence-electron chi connectivity index (χ3n) is 4.20. The molecule has 0 aliphatic carbocycles. The van der Waals surface area contributed by atoms with Gasteiger partial charge >= 0.3 is 0 Å². The number of carbonyl (C=O) groups excluding carboxylic acids is 2. The van der Waals surface area contributed by atoms with E-state index in [1.807, 2.05) is 6.92 Å². The van der Waals surface area contributed by atoms with E-state index in [1.165, 1.54) is 6.07 Å². The molecule has 2 aromatic rings. The van der Waals surface area contributed by atoms with E-state index >= 15 is 0 Å². The van der Waals surface area contributed by atoms with Crippen molar-refractivity contribution in [1.29, 1.82) is 0 Å². The zero-order valence-corrected chi connectivity index (χ0v) is 14.2. The Kier molecular flexibility index (Phi) is 5.27. The van der Waals surface area contributed by atoms with Crippen LogP contribution in [-0.2, 0) is 4.74 Å². The van der Waals surface area contributed by atoms with Crippen molar-refractivity contribution < 1.29 is 23.1 Å². The van der Waals surface area contributed by atoms with Gasteiger partial charge in [-0.25, -0.2) is 8.78 Å². The molecule has 0 bridgehead atoms. The van der Waals surface area contributed by atoms with Gasteiger partial charge in [0.1, 0.15) is 0 Å². The van der Waals surface area contributed by atoms with Crippen LogP contribution in [0.15, 0.2) is 42.5 Å². The fraction of sp³-hybridized carbons (Fsp3) is 0.263. The van der Waals surface area contributed by atoms with Gasteiger partial charge in [0.25, 0.3) is 11.8 Å². The van der Waals surface area contributed by atoms with E-state index in [9.17, 15) is 18.4 Å². The van der Waals surface area contributed by atoms with Gasteiger partial charge in [0, 0.05) is 23.4 Å². The number of benzene rings is 2. The minimum absolute atomic E-state index is 0.00371. The molecule has 2 amide bonds. The lowest BCUT2D eigenvalue weighted by atomic mass is 10.1. The van der Waals surface area contributed by atoms with Gasteiger partial charge < -0.3 is 15.0 Å². The first-order valence-corrected chi connectivity index (χ1v) is 8.21. The second-order valence-corrected chi connectivity index (χ2v) is 6.08. The van der Waals surface area contributed by atoms with E-state index in [2.05, 4.69) is 5.32 Å². The molecule has 1 N–H and O–H groups in total. The van der Waals surface area contributed by atoms with E-state index in [0.717, 1.165) is 12.1 Å². The highest BCUT2D eigenvalue weighted by molar-refractivity contribution is 6.04. The Morgan fingerprint density at radius 3 is 2.42 bits per heavy atom. The molecule has 0 radical (unpaired) electrons. The molecule has 1 aliphatic heterocycles. The lowest BCUT2D eigenvalue weighted by Crippen LogP contribution is -2.47. The summed E-state index contributed by atoms with van der Waals surface area (Å²) in [6.45, 7) is 3.48. The van der Waals surface area contributed by atoms with Gasteiger partial charge in [-0.1, -0.05) is 0 Å². The van der Waals surface area contributed by atoms with E-state index in [-0.39, 0.29) is 17.5 Å². The summed E-state index contributed by atoms with van der Waals surface area (Å²) in [7, 11) is 0. The first kappa shape index (κ1) is 18.0. The number of rotatable bonds is 3. The van der Waals surface area contributed by atoms with Crippen molar-refractivity contribution >= 4 is 17.5 Å². The normalized spacial score (nSPS) is 17.0. The van der Waals surface area contributed by atoms with Gasteiger partial charge in [-0.3, -0.25) is 9.59 Å². The quantitative estimate of drug-likeness (QED) is 0.915. The summed E-state index contributed by atoms with van der Waals surface area (Å²) >= 11 is 0. The van der Waals surface area contributed by atoms with Crippen molar-refractivity contribution in [2.24, 2.45) is 0 Å². The molecule has 0 saturated carbocycles. The van der Waals surface area contributed by atoms with E-state index in [1.54, 1.807) is 29.2 Å². The highest BCUT2D eigenvalue weighted by Gasteiger charge is 2.24. The van der Waals surface area contributed by atoms with Gasteiger partial charge in [0.15, 0.2) is 11.6 Å². The number of amides is 2. The summed E-state index contributed by atoms with van der Waals surface area (Å²) in [6.07, 6.45) is 0. The highest BCUT2D eigenvalue weighted by Crippen LogP contribution is 2.16.